The van der Waals surface area contributed by atoms with Gasteiger partial charge >= 0.3 is 0 Å². The molecule has 0 nitrogen and oxygen atoms in total. The van der Waals surface area contributed by atoms with Crippen molar-refractivity contribution in [1.29, 1.82) is 0 Å². The Morgan fingerprint density at radius 1 is 1.75 bits per heavy atom. The monoisotopic (exact) mass is 182 g/mol. The Labute approximate surface area is 47.8 Å². The Hall–Kier alpha value is 0.829. The first-order chi connectivity index (χ1) is 1.41. The van der Waals surface area contributed by atoms with Gasteiger partial charge in [0.1, 0.15) is 0 Å². The molecule has 0 aliphatic heterocycles. The van der Waals surface area contributed by atoms with E-state index in [0.29, 0.717) is 0 Å². The maximum Gasteiger partial charge on any atom is 0 e. The van der Waals surface area contributed by atoms with Crippen molar-refractivity contribution in [2.45, 2.75) is 0 Å². The van der Waals surface area contributed by atoms with Gasteiger partial charge < -0.3 is 0 Å². The van der Waals surface area contributed by atoms with Gasteiger partial charge in [-0.25, -0.2) is 0 Å². The molecular weight excluding hydrogens is 178 g/mol. The van der Waals surface area contributed by atoms with Gasteiger partial charge in [0.25, 0.3) is 0 Å². The van der Waals surface area contributed by atoms with Crippen LogP contribution in [0.5, 0.6) is 0 Å². The van der Waals surface area contributed by atoms with E-state index in [2.05, 4.69) is 6.58 Å². The molecule has 2 heteroatoms. The van der Waals surface area contributed by atoms with Crippen molar-refractivity contribution >= 4 is 35.5 Å². The summed E-state index contributed by atoms with van der Waals surface area (Å²) in [5.41, 5.74) is 1.22. The van der Waals surface area contributed by atoms with Gasteiger partial charge in [-0.05, 0) is 5.54 Å². The molecule has 0 N–H and O–H groups in total. The van der Waals surface area contributed by atoms with Crippen LogP contribution in [0.15, 0.2) is 12.1 Å². The zero-order chi connectivity index (χ0) is 2.71. The Bertz CT molecular complexity index is 13.5. The first-order valence-electron chi connectivity index (χ1n) is 0.626. The number of hydrogen-bond acceptors (Lipinski definition) is 0. The summed E-state index contributed by atoms with van der Waals surface area (Å²) in [5, 5.41) is 0. The molecule has 0 atom stereocenters. The maximum atomic E-state index is 4.76. The van der Waals surface area contributed by atoms with Gasteiger partial charge in [0.05, 0.1) is 0 Å². The van der Waals surface area contributed by atoms with Crippen molar-refractivity contribution in [3.05, 3.63) is 12.1 Å². The van der Waals surface area contributed by atoms with Crippen molar-refractivity contribution in [3.63, 3.8) is 0 Å². The van der Waals surface area contributed by atoms with Crippen molar-refractivity contribution in [2.75, 3.05) is 0 Å². The SMILES string of the molecule is C=CCl.[Sn]. The van der Waals surface area contributed by atoms with Crippen LogP contribution in [0, 0.1) is 0 Å². The second-order valence-electron chi connectivity index (χ2n) is 0.154. The number of rotatable bonds is 0. The molecule has 0 rings (SSSR count). The van der Waals surface area contributed by atoms with Gasteiger partial charge in [0, 0.05) is 23.9 Å². The molecule has 0 fully saturated rings. The fraction of sp³-hybridized carbons (Fsp3) is 0. The van der Waals surface area contributed by atoms with Crippen LogP contribution in [-0.2, 0) is 0 Å². The summed E-state index contributed by atoms with van der Waals surface area (Å²) in [7, 11) is 0. The summed E-state index contributed by atoms with van der Waals surface area (Å²) < 4.78 is 0. The summed E-state index contributed by atoms with van der Waals surface area (Å²) in [6, 6.07) is 0. The number of hydrogen-bond donors (Lipinski definition) is 0. The second kappa shape index (κ2) is 9.16. The smallest absolute Gasteiger partial charge is 0 e. The Balaban J connectivity index is 0. The summed E-state index contributed by atoms with van der Waals surface area (Å²) in [4.78, 5) is 0. The third-order valence-corrected chi connectivity index (χ3v) is 0. The van der Waals surface area contributed by atoms with Crippen LogP contribution in [0.4, 0.5) is 0 Å². The van der Waals surface area contributed by atoms with Crippen LogP contribution < -0.4 is 0 Å². The summed E-state index contributed by atoms with van der Waals surface area (Å²) >= 11 is 4.76. The fourth-order valence-electron chi connectivity index (χ4n) is 0. The molecule has 0 aliphatic rings. The first-order valence-corrected chi connectivity index (χ1v) is 1.06. The summed E-state index contributed by atoms with van der Waals surface area (Å²) in [6.45, 7) is 3.13. The second-order valence-corrected chi connectivity index (χ2v) is 0.463. The minimum Gasteiger partial charge on any atom is -0.0936 e. The summed E-state index contributed by atoms with van der Waals surface area (Å²) in [6.07, 6.45) is 0. The molecule has 0 spiro atoms. The van der Waals surface area contributed by atoms with Crippen LogP contribution in [-0.4, -0.2) is 23.9 Å². The maximum absolute atomic E-state index is 4.76. The van der Waals surface area contributed by atoms with Gasteiger partial charge in [0.2, 0.25) is 0 Å². The van der Waals surface area contributed by atoms with Crippen LogP contribution in [0.3, 0.4) is 0 Å². The standard InChI is InChI=1S/C2H3Cl.Sn/c1-2-3;/h2H,1H2;. The average Bonchev–Trinajstić information content (AvgIpc) is 0.918. The van der Waals surface area contributed by atoms with Gasteiger partial charge in [0.15, 0.2) is 0 Å². The molecule has 0 bridgehead atoms. The zero-order valence-electron chi connectivity index (χ0n) is 2.16. The third kappa shape index (κ3) is 13.8. The third-order valence-electron chi connectivity index (χ3n) is 0. The quantitative estimate of drug-likeness (QED) is 0.489. The normalized spacial score (nSPS) is 3.25. The zero-order valence-corrected chi connectivity index (χ0v) is 5.77. The van der Waals surface area contributed by atoms with Gasteiger partial charge in [-0.15, -0.1) is 0 Å². The van der Waals surface area contributed by atoms with Crippen molar-refractivity contribution in [1.82, 2.24) is 0 Å². The Kier molecular flexibility index (Phi) is 20.3. The van der Waals surface area contributed by atoms with Crippen molar-refractivity contribution in [2.24, 2.45) is 0 Å². The van der Waals surface area contributed by atoms with Gasteiger partial charge in [-0.1, -0.05) is 18.2 Å². The van der Waals surface area contributed by atoms with Crippen LogP contribution in [0.2, 0.25) is 0 Å². The van der Waals surface area contributed by atoms with E-state index in [1.54, 1.807) is 0 Å². The van der Waals surface area contributed by atoms with Crippen LogP contribution in [0.25, 0.3) is 0 Å². The molecule has 22 valence electrons. The number of halogens is 1. The topological polar surface area (TPSA) is 0 Å². The molecule has 0 aliphatic carbocycles. The molecule has 4 heavy (non-hydrogen) atoms. The molecule has 0 aromatic heterocycles. The predicted octanol–water partition coefficient (Wildman–Crippen LogP) is 0.988. The Morgan fingerprint density at radius 3 is 1.75 bits per heavy atom. The van der Waals surface area contributed by atoms with Crippen molar-refractivity contribution < 1.29 is 0 Å². The van der Waals surface area contributed by atoms with E-state index in [0.717, 1.165) is 0 Å². The minimum absolute atomic E-state index is 0. The molecule has 0 aromatic carbocycles. The van der Waals surface area contributed by atoms with Crippen molar-refractivity contribution in [3.8, 4) is 0 Å². The molecule has 0 aromatic rings. The fourth-order valence-corrected chi connectivity index (χ4v) is 0. The molecule has 0 heterocycles. The Morgan fingerprint density at radius 2 is 1.75 bits per heavy atom. The molecule has 0 saturated carbocycles. The van der Waals surface area contributed by atoms with E-state index in [1.165, 1.54) is 5.54 Å². The van der Waals surface area contributed by atoms with E-state index in [9.17, 15) is 0 Å². The van der Waals surface area contributed by atoms with Gasteiger partial charge in [-0.2, -0.15) is 0 Å². The van der Waals surface area contributed by atoms with E-state index in [4.69, 9.17) is 11.6 Å². The van der Waals surface area contributed by atoms with E-state index in [1.807, 2.05) is 0 Å². The minimum atomic E-state index is 0. The van der Waals surface area contributed by atoms with E-state index >= 15 is 0 Å². The molecule has 0 amide bonds. The largest absolute Gasteiger partial charge is 0.0936 e. The average molecular weight is 181 g/mol. The first kappa shape index (κ1) is 8.85. The van der Waals surface area contributed by atoms with Crippen LogP contribution in [0.1, 0.15) is 0 Å². The van der Waals surface area contributed by atoms with E-state index < -0.39 is 0 Å². The summed E-state index contributed by atoms with van der Waals surface area (Å²) in [5.74, 6) is 0. The van der Waals surface area contributed by atoms with Gasteiger partial charge in [-0.3, -0.25) is 0 Å². The van der Waals surface area contributed by atoms with E-state index in [-0.39, 0.29) is 23.9 Å². The molecule has 4 radical (unpaired) electrons. The van der Waals surface area contributed by atoms with Crippen LogP contribution >= 0.6 is 11.6 Å². The molecule has 0 saturated heterocycles. The molecule has 0 unspecified atom stereocenters. The molecular formula is C2H3ClSn. The predicted molar refractivity (Wildman–Crippen MR) is 21.8 cm³/mol.